The van der Waals surface area contributed by atoms with Crippen LogP contribution in [0.2, 0.25) is 0 Å². The van der Waals surface area contributed by atoms with E-state index in [2.05, 4.69) is 36.3 Å². The number of hydrogen-bond donors (Lipinski definition) is 1. The number of hydrogen-bond acceptors (Lipinski definition) is 3. The van der Waals surface area contributed by atoms with Crippen molar-refractivity contribution in [2.75, 3.05) is 20.1 Å². The van der Waals surface area contributed by atoms with Crippen LogP contribution in [-0.2, 0) is 13.1 Å². The first kappa shape index (κ1) is 12.7. The van der Waals surface area contributed by atoms with Crippen molar-refractivity contribution in [3.05, 3.63) is 23.7 Å². The first-order chi connectivity index (χ1) is 8.28. The molecule has 0 radical (unpaired) electrons. The van der Waals surface area contributed by atoms with Gasteiger partial charge in [0.2, 0.25) is 0 Å². The zero-order valence-corrected chi connectivity index (χ0v) is 11.0. The second-order valence-electron chi connectivity index (χ2n) is 5.14. The lowest BCUT2D eigenvalue weighted by molar-refractivity contribution is 0.190. The Kier molecular flexibility index (Phi) is 4.63. The Hall–Kier alpha value is -0.800. The second-order valence-corrected chi connectivity index (χ2v) is 5.14. The summed E-state index contributed by atoms with van der Waals surface area (Å²) in [4.78, 5) is 2.37. The lowest BCUT2D eigenvalue weighted by Gasteiger charge is -2.29. The van der Waals surface area contributed by atoms with Gasteiger partial charge >= 0.3 is 0 Å². The van der Waals surface area contributed by atoms with Crippen molar-refractivity contribution < 1.29 is 4.42 Å². The Morgan fingerprint density at radius 2 is 2.12 bits per heavy atom. The van der Waals surface area contributed by atoms with Crippen LogP contribution in [0.4, 0.5) is 0 Å². The normalized spacial score (nSPS) is 16.4. The van der Waals surface area contributed by atoms with Gasteiger partial charge in [0.1, 0.15) is 11.5 Å². The van der Waals surface area contributed by atoms with Gasteiger partial charge in [-0.15, -0.1) is 0 Å². The van der Waals surface area contributed by atoms with Crippen LogP contribution in [0.3, 0.4) is 0 Å². The van der Waals surface area contributed by atoms with Gasteiger partial charge in [0.05, 0.1) is 13.1 Å². The Balaban J connectivity index is 1.74. The van der Waals surface area contributed by atoms with E-state index in [1.807, 2.05) is 0 Å². The van der Waals surface area contributed by atoms with Gasteiger partial charge in [0.15, 0.2) is 0 Å². The van der Waals surface area contributed by atoms with Crippen molar-refractivity contribution in [3.8, 4) is 0 Å². The van der Waals surface area contributed by atoms with Crippen LogP contribution in [-0.4, -0.2) is 25.0 Å². The number of nitrogens with zero attached hydrogens (tertiary/aromatic N) is 1. The third-order valence-electron chi connectivity index (χ3n) is 3.49. The first-order valence-corrected chi connectivity index (χ1v) is 6.74. The second kappa shape index (κ2) is 6.22. The van der Waals surface area contributed by atoms with Crippen LogP contribution in [0.1, 0.15) is 37.7 Å². The molecule has 1 N–H and O–H groups in total. The molecule has 1 aromatic rings. The van der Waals surface area contributed by atoms with Crippen LogP contribution < -0.4 is 5.32 Å². The molecule has 0 unspecified atom stereocenters. The van der Waals surface area contributed by atoms with Gasteiger partial charge in [-0.3, -0.25) is 4.90 Å². The maximum absolute atomic E-state index is 5.79. The lowest BCUT2D eigenvalue weighted by Crippen LogP contribution is -2.28. The SMILES string of the molecule is CCNCc1ccc(CN(C)CC2CCC2)o1. The molecule has 1 fully saturated rings. The molecule has 1 heterocycles. The van der Waals surface area contributed by atoms with Gasteiger partial charge in [-0.25, -0.2) is 0 Å². The minimum absolute atomic E-state index is 0.836. The molecule has 0 aromatic carbocycles. The van der Waals surface area contributed by atoms with Gasteiger partial charge < -0.3 is 9.73 Å². The zero-order valence-electron chi connectivity index (χ0n) is 11.0. The quantitative estimate of drug-likeness (QED) is 0.789. The van der Waals surface area contributed by atoms with Gasteiger partial charge in [-0.2, -0.15) is 0 Å². The molecule has 1 aliphatic carbocycles. The molecule has 0 saturated heterocycles. The molecule has 3 heteroatoms. The molecule has 2 rings (SSSR count). The van der Waals surface area contributed by atoms with E-state index in [9.17, 15) is 0 Å². The third kappa shape index (κ3) is 3.86. The van der Waals surface area contributed by atoms with E-state index in [1.165, 1.54) is 25.8 Å². The summed E-state index contributed by atoms with van der Waals surface area (Å²) in [6.45, 7) is 6.07. The number of nitrogens with one attached hydrogen (secondary N) is 1. The molecule has 96 valence electrons. The molecule has 3 nitrogen and oxygen atoms in total. The first-order valence-electron chi connectivity index (χ1n) is 6.74. The molecule has 0 atom stereocenters. The standard InChI is InChI=1S/C14H24N2O/c1-3-15-9-13-7-8-14(17-13)11-16(2)10-12-5-4-6-12/h7-8,12,15H,3-6,9-11H2,1-2H3. The van der Waals surface area contributed by atoms with E-state index >= 15 is 0 Å². The van der Waals surface area contributed by atoms with Gasteiger partial charge in [-0.05, 0) is 44.5 Å². The van der Waals surface area contributed by atoms with Crippen LogP contribution >= 0.6 is 0 Å². The average Bonchev–Trinajstić information content (AvgIpc) is 2.68. The van der Waals surface area contributed by atoms with E-state index in [-0.39, 0.29) is 0 Å². The van der Waals surface area contributed by atoms with E-state index in [0.29, 0.717) is 0 Å². The van der Waals surface area contributed by atoms with Crippen LogP contribution in [0.5, 0.6) is 0 Å². The predicted octanol–water partition coefficient (Wildman–Crippen LogP) is 2.62. The molecule has 0 bridgehead atoms. The van der Waals surface area contributed by atoms with Crippen molar-refractivity contribution in [3.63, 3.8) is 0 Å². The molecule has 1 aromatic heterocycles. The summed E-state index contributed by atoms with van der Waals surface area (Å²) in [5.74, 6) is 3.05. The molecule has 17 heavy (non-hydrogen) atoms. The van der Waals surface area contributed by atoms with Crippen LogP contribution in [0.25, 0.3) is 0 Å². The van der Waals surface area contributed by atoms with Gasteiger partial charge in [0.25, 0.3) is 0 Å². The van der Waals surface area contributed by atoms with Gasteiger partial charge in [0, 0.05) is 6.54 Å². The van der Waals surface area contributed by atoms with Crippen molar-refractivity contribution in [2.24, 2.45) is 5.92 Å². The minimum Gasteiger partial charge on any atom is -0.463 e. The summed E-state index contributed by atoms with van der Waals surface area (Å²) in [5, 5.41) is 3.27. The lowest BCUT2D eigenvalue weighted by atomic mass is 9.85. The highest BCUT2D eigenvalue weighted by atomic mass is 16.3. The fourth-order valence-corrected chi connectivity index (χ4v) is 2.30. The highest BCUT2D eigenvalue weighted by molar-refractivity contribution is 5.07. The molecular formula is C14H24N2O. The largest absolute Gasteiger partial charge is 0.463 e. The summed E-state index contributed by atoms with van der Waals surface area (Å²) in [7, 11) is 2.19. The molecule has 1 saturated carbocycles. The molecule has 1 aliphatic rings. The smallest absolute Gasteiger partial charge is 0.118 e. The summed E-state index contributed by atoms with van der Waals surface area (Å²) in [6.07, 6.45) is 4.24. The van der Waals surface area contributed by atoms with Crippen molar-refractivity contribution >= 4 is 0 Å². The number of furan rings is 1. The highest BCUT2D eigenvalue weighted by Crippen LogP contribution is 2.27. The van der Waals surface area contributed by atoms with Crippen molar-refractivity contribution in [1.29, 1.82) is 0 Å². The van der Waals surface area contributed by atoms with Crippen molar-refractivity contribution in [1.82, 2.24) is 10.2 Å². The molecule has 0 aliphatic heterocycles. The third-order valence-corrected chi connectivity index (χ3v) is 3.49. The average molecular weight is 236 g/mol. The maximum atomic E-state index is 5.79. The Morgan fingerprint density at radius 1 is 1.35 bits per heavy atom. The predicted molar refractivity (Wildman–Crippen MR) is 69.8 cm³/mol. The Morgan fingerprint density at radius 3 is 2.76 bits per heavy atom. The fraction of sp³-hybridized carbons (Fsp3) is 0.714. The number of rotatable bonds is 7. The molecular weight excluding hydrogens is 212 g/mol. The summed E-state index contributed by atoms with van der Waals surface area (Å²) in [6, 6.07) is 4.18. The Labute approximate surface area is 104 Å². The van der Waals surface area contributed by atoms with Crippen LogP contribution in [0.15, 0.2) is 16.5 Å². The minimum atomic E-state index is 0.836. The van der Waals surface area contributed by atoms with Crippen molar-refractivity contribution in [2.45, 2.75) is 39.3 Å². The van der Waals surface area contributed by atoms with E-state index in [4.69, 9.17) is 4.42 Å². The fourth-order valence-electron chi connectivity index (χ4n) is 2.30. The summed E-state index contributed by atoms with van der Waals surface area (Å²) in [5.41, 5.74) is 0. The summed E-state index contributed by atoms with van der Waals surface area (Å²) >= 11 is 0. The van der Waals surface area contributed by atoms with E-state index in [0.717, 1.165) is 37.1 Å². The maximum Gasteiger partial charge on any atom is 0.118 e. The van der Waals surface area contributed by atoms with Crippen LogP contribution in [0, 0.1) is 5.92 Å². The topological polar surface area (TPSA) is 28.4 Å². The van der Waals surface area contributed by atoms with E-state index < -0.39 is 0 Å². The molecule has 0 spiro atoms. The van der Waals surface area contributed by atoms with E-state index in [1.54, 1.807) is 0 Å². The monoisotopic (exact) mass is 236 g/mol. The summed E-state index contributed by atoms with van der Waals surface area (Å²) < 4.78 is 5.79. The highest BCUT2D eigenvalue weighted by Gasteiger charge is 2.19. The zero-order chi connectivity index (χ0) is 12.1. The Bertz CT molecular complexity index is 331. The van der Waals surface area contributed by atoms with Gasteiger partial charge in [-0.1, -0.05) is 13.3 Å². The molecule has 0 amide bonds.